The Balaban J connectivity index is 1.71. The maximum absolute atomic E-state index is 5.86. The number of hydrogen-bond acceptors (Lipinski definition) is 4. The molecule has 22 heavy (non-hydrogen) atoms. The van der Waals surface area contributed by atoms with Crippen LogP contribution in [0.3, 0.4) is 0 Å². The Morgan fingerprint density at radius 1 is 0.727 bits per heavy atom. The molecular weight excluding hydrogens is 276 g/mol. The van der Waals surface area contributed by atoms with E-state index in [9.17, 15) is 0 Å². The molecule has 4 nitrogen and oxygen atoms in total. The van der Waals surface area contributed by atoms with E-state index in [0.29, 0.717) is 11.4 Å². The van der Waals surface area contributed by atoms with E-state index >= 15 is 0 Å². The highest BCUT2D eigenvalue weighted by Crippen LogP contribution is 2.28. The van der Waals surface area contributed by atoms with Crippen LogP contribution in [0.4, 0.5) is 5.69 Å². The van der Waals surface area contributed by atoms with Crippen LogP contribution in [0.1, 0.15) is 12.8 Å². The topological polar surface area (TPSA) is 70.5 Å². The fourth-order valence-corrected chi connectivity index (χ4v) is 2.14. The lowest BCUT2D eigenvalue weighted by Crippen LogP contribution is -2.05. The Morgan fingerprint density at radius 3 is 2.14 bits per heavy atom. The van der Waals surface area contributed by atoms with E-state index in [0.717, 1.165) is 35.8 Å². The molecule has 0 aliphatic heterocycles. The molecule has 0 amide bonds. The Hall–Kier alpha value is -2.88. The van der Waals surface area contributed by atoms with Crippen LogP contribution in [0.15, 0.2) is 72.1 Å². The van der Waals surface area contributed by atoms with Crippen LogP contribution in [-0.2, 0) is 0 Å². The Kier molecular flexibility index (Phi) is 4.01. The first-order valence-corrected chi connectivity index (χ1v) is 7.15. The van der Waals surface area contributed by atoms with Crippen molar-refractivity contribution in [2.45, 2.75) is 12.8 Å². The van der Waals surface area contributed by atoms with Gasteiger partial charge in [0, 0.05) is 23.9 Å². The maximum Gasteiger partial charge on any atom is 0.131 e. The van der Waals surface area contributed by atoms with Crippen LogP contribution in [-0.4, -0.2) is 0 Å². The monoisotopic (exact) mass is 294 g/mol. The van der Waals surface area contributed by atoms with Crippen molar-refractivity contribution in [1.82, 2.24) is 0 Å². The van der Waals surface area contributed by atoms with Crippen LogP contribution in [0.2, 0.25) is 0 Å². The summed E-state index contributed by atoms with van der Waals surface area (Å²) in [6.45, 7) is 0. The Labute approximate surface area is 129 Å². The van der Waals surface area contributed by atoms with Crippen molar-refractivity contribution in [1.29, 1.82) is 0 Å². The molecule has 0 saturated heterocycles. The zero-order valence-electron chi connectivity index (χ0n) is 12.2. The predicted octanol–water partition coefficient (Wildman–Crippen LogP) is 3.96. The molecule has 0 atom stereocenters. The molecule has 0 radical (unpaired) electrons. The number of ether oxygens (including phenoxy) is 2. The minimum absolute atomic E-state index is 0.709. The van der Waals surface area contributed by atoms with Crippen molar-refractivity contribution >= 4 is 5.69 Å². The van der Waals surface area contributed by atoms with E-state index in [1.807, 2.05) is 48.6 Å². The van der Waals surface area contributed by atoms with Crippen LogP contribution in [0.5, 0.6) is 17.2 Å². The van der Waals surface area contributed by atoms with Gasteiger partial charge in [0.15, 0.2) is 0 Å². The standard InChI is InChI=1S/C18H18N2O2/c19-13-4-8-15(9-5-13)21-17-2-1-3-18(12-17)22-16-10-6-14(20)7-11-16/h1-6,8-10,12H,7,11,19-20H2. The average molecular weight is 294 g/mol. The summed E-state index contributed by atoms with van der Waals surface area (Å²) in [5.41, 5.74) is 13.0. The lowest BCUT2D eigenvalue weighted by molar-refractivity contribution is 0.396. The number of hydrogen-bond donors (Lipinski definition) is 2. The molecule has 4 heteroatoms. The van der Waals surface area contributed by atoms with Crippen molar-refractivity contribution in [2.75, 3.05) is 5.73 Å². The van der Waals surface area contributed by atoms with E-state index < -0.39 is 0 Å². The van der Waals surface area contributed by atoms with E-state index in [1.165, 1.54) is 0 Å². The first kappa shape index (κ1) is 14.1. The third-order valence-electron chi connectivity index (χ3n) is 3.31. The molecule has 1 aliphatic rings. The molecule has 0 aromatic heterocycles. The van der Waals surface area contributed by atoms with Gasteiger partial charge < -0.3 is 20.9 Å². The number of allylic oxidation sites excluding steroid dienone is 4. The Morgan fingerprint density at radius 2 is 1.45 bits per heavy atom. The predicted molar refractivity (Wildman–Crippen MR) is 87.6 cm³/mol. The third-order valence-corrected chi connectivity index (χ3v) is 3.31. The van der Waals surface area contributed by atoms with Crippen molar-refractivity contribution < 1.29 is 9.47 Å². The second kappa shape index (κ2) is 6.26. The summed E-state index contributed by atoms with van der Waals surface area (Å²) in [6.07, 6.45) is 5.43. The highest BCUT2D eigenvalue weighted by atomic mass is 16.5. The second-order valence-electron chi connectivity index (χ2n) is 5.12. The zero-order chi connectivity index (χ0) is 15.4. The van der Waals surface area contributed by atoms with E-state index in [-0.39, 0.29) is 0 Å². The van der Waals surface area contributed by atoms with E-state index in [1.54, 1.807) is 12.1 Å². The molecule has 3 rings (SSSR count). The average Bonchev–Trinajstić information content (AvgIpc) is 2.52. The lowest BCUT2D eigenvalue weighted by atomic mass is 10.1. The van der Waals surface area contributed by atoms with Crippen molar-refractivity contribution in [3.63, 3.8) is 0 Å². The minimum Gasteiger partial charge on any atom is -0.462 e. The van der Waals surface area contributed by atoms with Gasteiger partial charge in [0.1, 0.15) is 23.0 Å². The summed E-state index contributed by atoms with van der Waals surface area (Å²) < 4.78 is 11.7. The third kappa shape index (κ3) is 3.61. The number of benzene rings is 2. The van der Waals surface area contributed by atoms with Gasteiger partial charge in [0.05, 0.1) is 0 Å². The quantitative estimate of drug-likeness (QED) is 0.837. The molecule has 1 aliphatic carbocycles. The molecule has 112 valence electrons. The lowest BCUT2D eigenvalue weighted by Gasteiger charge is -2.14. The molecule has 0 fully saturated rings. The summed E-state index contributed by atoms with van der Waals surface area (Å²) in [5, 5.41) is 0. The molecule has 4 N–H and O–H groups in total. The molecule has 0 bridgehead atoms. The van der Waals surface area contributed by atoms with Crippen LogP contribution in [0.25, 0.3) is 0 Å². The molecular formula is C18H18N2O2. The van der Waals surface area contributed by atoms with Gasteiger partial charge in [-0.25, -0.2) is 0 Å². The first-order valence-electron chi connectivity index (χ1n) is 7.15. The second-order valence-corrected chi connectivity index (χ2v) is 5.12. The molecule has 0 saturated carbocycles. The van der Waals surface area contributed by atoms with Crippen LogP contribution >= 0.6 is 0 Å². The summed E-state index contributed by atoms with van der Waals surface area (Å²) in [4.78, 5) is 0. The first-order chi connectivity index (χ1) is 10.7. The zero-order valence-corrected chi connectivity index (χ0v) is 12.2. The molecule has 0 unspecified atom stereocenters. The SMILES string of the molecule is NC1=CC=C(Oc2cccc(Oc3ccc(N)cc3)c2)CC1. The van der Waals surface area contributed by atoms with Gasteiger partial charge >= 0.3 is 0 Å². The van der Waals surface area contributed by atoms with Gasteiger partial charge in [-0.15, -0.1) is 0 Å². The smallest absolute Gasteiger partial charge is 0.131 e. The van der Waals surface area contributed by atoms with Gasteiger partial charge in [-0.05, 0) is 55.0 Å². The summed E-state index contributed by atoms with van der Waals surface area (Å²) in [6, 6.07) is 14.8. The van der Waals surface area contributed by atoms with Gasteiger partial charge in [-0.3, -0.25) is 0 Å². The van der Waals surface area contributed by atoms with Gasteiger partial charge in [-0.1, -0.05) is 6.07 Å². The number of rotatable bonds is 4. The summed E-state index contributed by atoms with van der Waals surface area (Å²) >= 11 is 0. The van der Waals surface area contributed by atoms with E-state index in [2.05, 4.69) is 0 Å². The Bertz CT molecular complexity index is 718. The summed E-state index contributed by atoms with van der Waals surface area (Å²) in [5.74, 6) is 3.10. The largest absolute Gasteiger partial charge is 0.462 e. The van der Waals surface area contributed by atoms with Gasteiger partial charge in [-0.2, -0.15) is 0 Å². The molecule has 2 aromatic rings. The number of anilines is 1. The van der Waals surface area contributed by atoms with E-state index in [4.69, 9.17) is 20.9 Å². The summed E-state index contributed by atoms with van der Waals surface area (Å²) in [7, 11) is 0. The maximum atomic E-state index is 5.86. The molecule has 0 heterocycles. The minimum atomic E-state index is 0.709. The normalized spacial score (nSPS) is 14.0. The van der Waals surface area contributed by atoms with Gasteiger partial charge in [0.25, 0.3) is 0 Å². The van der Waals surface area contributed by atoms with Crippen molar-refractivity contribution in [3.05, 3.63) is 72.1 Å². The fourth-order valence-electron chi connectivity index (χ4n) is 2.14. The fraction of sp³-hybridized carbons (Fsp3) is 0.111. The van der Waals surface area contributed by atoms with Crippen LogP contribution in [0, 0.1) is 0 Å². The highest BCUT2D eigenvalue weighted by Gasteiger charge is 2.07. The number of nitrogen functional groups attached to an aromatic ring is 1. The van der Waals surface area contributed by atoms with Crippen molar-refractivity contribution in [2.24, 2.45) is 5.73 Å². The van der Waals surface area contributed by atoms with Crippen LogP contribution < -0.4 is 20.9 Å². The molecule has 2 aromatic carbocycles. The number of nitrogens with two attached hydrogens (primary N) is 2. The highest BCUT2D eigenvalue weighted by molar-refractivity contribution is 5.44. The van der Waals surface area contributed by atoms with Crippen molar-refractivity contribution in [3.8, 4) is 17.2 Å². The van der Waals surface area contributed by atoms with Gasteiger partial charge in [0.2, 0.25) is 0 Å². The molecule has 0 spiro atoms.